The predicted molar refractivity (Wildman–Crippen MR) is 109 cm³/mol. The number of fused-ring (bicyclic) bond motifs is 2. The van der Waals surface area contributed by atoms with E-state index in [1.54, 1.807) is 6.08 Å². The number of hydrogen-bond donors (Lipinski definition) is 3. The summed E-state index contributed by atoms with van der Waals surface area (Å²) in [4.78, 5) is 17.4. The van der Waals surface area contributed by atoms with Gasteiger partial charge in [0, 0.05) is 37.3 Å². The number of amides is 1. The first kappa shape index (κ1) is 17.3. The molecule has 0 radical (unpaired) electrons. The van der Waals surface area contributed by atoms with Crippen LogP contribution >= 0.6 is 0 Å². The quantitative estimate of drug-likeness (QED) is 0.586. The highest BCUT2D eigenvalue weighted by Gasteiger charge is 2.42. The maximum Gasteiger partial charge on any atom is 0.272 e. The Morgan fingerprint density at radius 3 is 2.93 bits per heavy atom. The molecule has 4 heterocycles. The minimum absolute atomic E-state index is 0.0571. The average molecular weight is 396 g/mol. The lowest BCUT2D eigenvalue weighted by molar-refractivity contribution is -0.129. The van der Waals surface area contributed by atoms with Crippen LogP contribution in [-0.2, 0) is 4.79 Å². The van der Waals surface area contributed by atoms with Gasteiger partial charge in [-0.05, 0) is 38.0 Å². The van der Waals surface area contributed by atoms with Gasteiger partial charge >= 0.3 is 0 Å². The molecule has 9 nitrogen and oxygen atoms in total. The maximum absolute atomic E-state index is 12.6. The fourth-order valence-electron chi connectivity index (χ4n) is 4.93. The van der Waals surface area contributed by atoms with E-state index in [2.05, 4.69) is 48.2 Å². The number of nitrogens with zero attached hydrogens (tertiary/aromatic N) is 5. The summed E-state index contributed by atoms with van der Waals surface area (Å²) in [5.74, 6) is 3.01. The first-order valence-corrected chi connectivity index (χ1v) is 10.9. The standard InChI is InChI=1S/C20H28N8O/c29-17-10-15(21-20-22-18(25-28(17)20)13-4-2-1-3-5-13)11-26-8-9-27-16(12-26)23-24-19(27)14-6-7-14/h2,4,10,13-14,19-21,24H,1,3,5-9,11-12H2,(H,22,25). The number of hydrazone groups is 2. The van der Waals surface area contributed by atoms with Gasteiger partial charge in [0.2, 0.25) is 6.29 Å². The third-order valence-electron chi connectivity index (χ3n) is 6.67. The van der Waals surface area contributed by atoms with Crippen LogP contribution in [0, 0.1) is 11.8 Å². The Hall–Kier alpha value is -2.55. The van der Waals surface area contributed by atoms with Crippen molar-refractivity contribution in [3.63, 3.8) is 0 Å². The number of carbonyl (C=O) groups is 1. The van der Waals surface area contributed by atoms with E-state index in [0.717, 1.165) is 62.3 Å². The zero-order valence-electron chi connectivity index (χ0n) is 16.5. The lowest BCUT2D eigenvalue weighted by atomic mass is 9.95. The van der Waals surface area contributed by atoms with Crippen LogP contribution in [0.2, 0.25) is 0 Å². The molecule has 29 heavy (non-hydrogen) atoms. The highest BCUT2D eigenvalue weighted by atomic mass is 16.2. The molecule has 1 saturated carbocycles. The van der Waals surface area contributed by atoms with Crippen LogP contribution in [-0.4, -0.2) is 71.0 Å². The molecule has 2 aliphatic carbocycles. The summed E-state index contributed by atoms with van der Waals surface area (Å²) in [6, 6.07) is 0. The van der Waals surface area contributed by atoms with E-state index in [4.69, 9.17) is 0 Å². The van der Waals surface area contributed by atoms with Crippen LogP contribution in [0.1, 0.15) is 32.1 Å². The van der Waals surface area contributed by atoms with Crippen molar-refractivity contribution in [2.24, 2.45) is 22.0 Å². The number of rotatable bonds is 4. The van der Waals surface area contributed by atoms with Crippen molar-refractivity contribution >= 4 is 17.6 Å². The first-order chi connectivity index (χ1) is 14.2. The molecular weight excluding hydrogens is 368 g/mol. The molecule has 154 valence electrons. The number of piperazine rings is 1. The Morgan fingerprint density at radius 1 is 1.17 bits per heavy atom. The minimum Gasteiger partial charge on any atom is -0.349 e. The molecule has 6 aliphatic rings. The summed E-state index contributed by atoms with van der Waals surface area (Å²) < 4.78 is 0. The molecule has 1 saturated heterocycles. The predicted octanol–water partition coefficient (Wildman–Crippen LogP) is 0.129. The van der Waals surface area contributed by atoms with Gasteiger partial charge in [0.25, 0.3) is 5.91 Å². The largest absolute Gasteiger partial charge is 0.349 e. The molecule has 3 N–H and O–H groups in total. The van der Waals surface area contributed by atoms with Crippen molar-refractivity contribution in [3.05, 3.63) is 23.9 Å². The SMILES string of the molecule is O=C1C=C(CN2CCN3C(=NNC3C3CC3)C2)NC2NC(C3C=CCCC3)=NN12. The number of amidine groups is 2. The molecule has 1 amide bonds. The van der Waals surface area contributed by atoms with Crippen LogP contribution in [0.15, 0.2) is 34.1 Å². The second-order valence-electron chi connectivity index (χ2n) is 8.84. The molecule has 2 fully saturated rings. The van der Waals surface area contributed by atoms with Gasteiger partial charge in [0.05, 0.1) is 6.54 Å². The molecule has 9 heteroatoms. The molecule has 0 bridgehead atoms. The molecule has 3 atom stereocenters. The summed E-state index contributed by atoms with van der Waals surface area (Å²) in [6.07, 6.45) is 12.2. The van der Waals surface area contributed by atoms with E-state index in [0.29, 0.717) is 6.17 Å². The third-order valence-corrected chi connectivity index (χ3v) is 6.67. The Kier molecular flexibility index (Phi) is 4.04. The van der Waals surface area contributed by atoms with Crippen molar-refractivity contribution in [1.82, 2.24) is 30.9 Å². The zero-order chi connectivity index (χ0) is 19.4. The summed E-state index contributed by atoms with van der Waals surface area (Å²) in [5.41, 5.74) is 4.27. The first-order valence-electron chi connectivity index (χ1n) is 10.9. The summed E-state index contributed by atoms with van der Waals surface area (Å²) in [5, 5.41) is 17.5. The van der Waals surface area contributed by atoms with Gasteiger partial charge in [0.1, 0.15) is 17.8 Å². The monoisotopic (exact) mass is 396 g/mol. The number of hydrogen-bond acceptors (Lipinski definition) is 8. The average Bonchev–Trinajstić information content (AvgIpc) is 3.34. The Bertz CT molecular complexity index is 828. The Labute approximate surface area is 170 Å². The van der Waals surface area contributed by atoms with E-state index in [-0.39, 0.29) is 18.1 Å². The van der Waals surface area contributed by atoms with Gasteiger partial charge in [-0.3, -0.25) is 15.1 Å². The van der Waals surface area contributed by atoms with E-state index in [1.165, 1.54) is 24.3 Å². The lowest BCUT2D eigenvalue weighted by Crippen LogP contribution is -2.57. The van der Waals surface area contributed by atoms with Crippen molar-refractivity contribution in [2.45, 2.75) is 44.6 Å². The van der Waals surface area contributed by atoms with Crippen molar-refractivity contribution in [2.75, 3.05) is 26.2 Å². The minimum atomic E-state index is -0.279. The second-order valence-corrected chi connectivity index (χ2v) is 8.84. The Balaban J connectivity index is 1.08. The van der Waals surface area contributed by atoms with Crippen LogP contribution in [0.4, 0.5) is 0 Å². The van der Waals surface area contributed by atoms with Crippen molar-refractivity contribution in [3.8, 4) is 0 Å². The van der Waals surface area contributed by atoms with Crippen LogP contribution in [0.5, 0.6) is 0 Å². The molecular formula is C20H28N8O. The van der Waals surface area contributed by atoms with Gasteiger partial charge in [0.15, 0.2) is 0 Å². The molecule has 0 aromatic rings. The fraction of sp³-hybridized carbons (Fsp3) is 0.650. The topological polar surface area (TPSA) is 87.6 Å². The zero-order valence-corrected chi connectivity index (χ0v) is 16.5. The van der Waals surface area contributed by atoms with Gasteiger partial charge in [-0.25, -0.2) is 0 Å². The van der Waals surface area contributed by atoms with Gasteiger partial charge in [-0.1, -0.05) is 12.2 Å². The van der Waals surface area contributed by atoms with Crippen molar-refractivity contribution in [1.29, 1.82) is 0 Å². The number of carbonyl (C=O) groups excluding carboxylic acids is 1. The van der Waals surface area contributed by atoms with Gasteiger partial charge < -0.3 is 15.5 Å². The van der Waals surface area contributed by atoms with E-state index >= 15 is 0 Å². The van der Waals surface area contributed by atoms with Crippen LogP contribution in [0.25, 0.3) is 0 Å². The molecule has 0 aromatic carbocycles. The number of allylic oxidation sites excluding steroid dienone is 1. The summed E-state index contributed by atoms with van der Waals surface area (Å²) >= 11 is 0. The Morgan fingerprint density at radius 2 is 2.10 bits per heavy atom. The highest BCUT2D eigenvalue weighted by molar-refractivity contribution is 5.95. The number of nitrogens with one attached hydrogen (secondary N) is 3. The fourth-order valence-corrected chi connectivity index (χ4v) is 4.93. The van der Waals surface area contributed by atoms with Crippen LogP contribution < -0.4 is 16.1 Å². The van der Waals surface area contributed by atoms with Gasteiger partial charge in [-0.15, -0.1) is 0 Å². The van der Waals surface area contributed by atoms with Gasteiger partial charge in [-0.2, -0.15) is 15.2 Å². The summed E-state index contributed by atoms with van der Waals surface area (Å²) in [7, 11) is 0. The highest BCUT2D eigenvalue weighted by Crippen LogP contribution is 2.36. The third kappa shape index (κ3) is 3.17. The molecule has 0 aromatic heterocycles. The van der Waals surface area contributed by atoms with Crippen molar-refractivity contribution < 1.29 is 4.79 Å². The molecule has 6 rings (SSSR count). The van der Waals surface area contributed by atoms with E-state index in [1.807, 2.05) is 0 Å². The van der Waals surface area contributed by atoms with E-state index in [9.17, 15) is 4.79 Å². The molecule has 4 aliphatic heterocycles. The maximum atomic E-state index is 12.6. The molecule has 3 unspecified atom stereocenters. The van der Waals surface area contributed by atoms with E-state index < -0.39 is 0 Å². The smallest absolute Gasteiger partial charge is 0.272 e. The molecule has 0 spiro atoms. The summed E-state index contributed by atoms with van der Waals surface area (Å²) in [6.45, 7) is 3.51. The normalized spacial score (nSPS) is 33.9. The lowest BCUT2D eigenvalue weighted by Gasteiger charge is -2.38. The van der Waals surface area contributed by atoms with Crippen LogP contribution in [0.3, 0.4) is 0 Å². The second kappa shape index (κ2) is 6.76.